The first kappa shape index (κ1) is 11.8. The largest absolute Gasteiger partial charge is 0.414 e. The van der Waals surface area contributed by atoms with Crippen LogP contribution < -0.4 is 0 Å². The molecule has 1 unspecified atom stereocenters. The van der Waals surface area contributed by atoms with Crippen LogP contribution in [-0.4, -0.2) is 18.4 Å². The number of ether oxygens (including phenoxy) is 1. The molecule has 0 radical (unpaired) electrons. The molecule has 0 aromatic heterocycles. The molecular weight excluding hydrogens is 169 g/mol. The molecule has 0 fully saturated rings. The second kappa shape index (κ2) is 4.70. The van der Waals surface area contributed by atoms with Crippen molar-refractivity contribution in [2.45, 2.75) is 52.0 Å². The third-order valence-electron chi connectivity index (χ3n) is 1.35. The van der Waals surface area contributed by atoms with Crippen LogP contribution >= 0.6 is 0 Å². The highest BCUT2D eigenvalue weighted by Gasteiger charge is 2.40. The molecule has 0 aromatic rings. The van der Waals surface area contributed by atoms with E-state index in [-0.39, 0.29) is 12.5 Å². The lowest BCUT2D eigenvalue weighted by Crippen LogP contribution is -2.33. The minimum atomic E-state index is -4.22. The summed E-state index contributed by atoms with van der Waals surface area (Å²) < 4.78 is 41.2. The van der Waals surface area contributed by atoms with Gasteiger partial charge in [-0.1, -0.05) is 13.3 Å². The summed E-state index contributed by atoms with van der Waals surface area (Å²) in [6.07, 6.45) is -5.66. The van der Waals surface area contributed by atoms with Crippen LogP contribution in [0.2, 0.25) is 0 Å². The summed E-state index contributed by atoms with van der Waals surface area (Å²) in [6, 6.07) is 0. The van der Waals surface area contributed by atoms with Crippen LogP contribution in [0.1, 0.15) is 33.6 Å². The van der Waals surface area contributed by atoms with Gasteiger partial charge in [0.05, 0.1) is 6.10 Å². The van der Waals surface area contributed by atoms with E-state index < -0.39 is 12.3 Å². The van der Waals surface area contributed by atoms with Gasteiger partial charge < -0.3 is 4.74 Å². The molecule has 0 saturated heterocycles. The maximum absolute atomic E-state index is 12.1. The third kappa shape index (κ3) is 4.59. The average molecular weight is 184 g/mol. The SMILES string of the molecule is CCCC(OC(C)C)C(F)(F)F. The van der Waals surface area contributed by atoms with Crippen molar-refractivity contribution in [2.24, 2.45) is 0 Å². The Morgan fingerprint density at radius 1 is 1.25 bits per heavy atom. The predicted molar refractivity (Wildman–Crippen MR) is 41.0 cm³/mol. The van der Waals surface area contributed by atoms with Crippen LogP contribution in [0, 0.1) is 0 Å². The van der Waals surface area contributed by atoms with Gasteiger partial charge in [0.1, 0.15) is 0 Å². The molecule has 0 amide bonds. The quantitative estimate of drug-likeness (QED) is 0.652. The molecule has 0 bridgehead atoms. The molecule has 1 nitrogen and oxygen atoms in total. The Bertz CT molecular complexity index is 120. The first-order chi connectivity index (χ1) is 5.38. The molecule has 12 heavy (non-hydrogen) atoms. The zero-order valence-electron chi connectivity index (χ0n) is 7.61. The second-order valence-corrected chi connectivity index (χ2v) is 3.00. The van der Waals surface area contributed by atoms with E-state index in [1.807, 2.05) is 0 Å². The van der Waals surface area contributed by atoms with Crippen LogP contribution in [-0.2, 0) is 4.74 Å². The summed E-state index contributed by atoms with van der Waals surface area (Å²) in [4.78, 5) is 0. The number of hydrogen-bond acceptors (Lipinski definition) is 1. The van der Waals surface area contributed by atoms with Crippen molar-refractivity contribution in [2.75, 3.05) is 0 Å². The lowest BCUT2D eigenvalue weighted by atomic mass is 10.2. The Morgan fingerprint density at radius 2 is 1.75 bits per heavy atom. The second-order valence-electron chi connectivity index (χ2n) is 3.00. The molecule has 0 rings (SSSR count). The zero-order valence-corrected chi connectivity index (χ0v) is 7.61. The standard InChI is InChI=1S/C8H15F3O/c1-4-5-7(8(9,10)11)12-6(2)3/h6-7H,4-5H2,1-3H3. The topological polar surface area (TPSA) is 9.23 Å². The van der Waals surface area contributed by atoms with Gasteiger partial charge in [-0.25, -0.2) is 0 Å². The normalized spacial score (nSPS) is 15.2. The van der Waals surface area contributed by atoms with Gasteiger partial charge in [-0.15, -0.1) is 0 Å². The van der Waals surface area contributed by atoms with Crippen molar-refractivity contribution >= 4 is 0 Å². The third-order valence-corrected chi connectivity index (χ3v) is 1.35. The Balaban J connectivity index is 4.04. The van der Waals surface area contributed by atoms with E-state index in [4.69, 9.17) is 4.74 Å². The summed E-state index contributed by atoms with van der Waals surface area (Å²) in [5.41, 5.74) is 0. The molecule has 0 aliphatic carbocycles. The van der Waals surface area contributed by atoms with Gasteiger partial charge in [0, 0.05) is 0 Å². The van der Waals surface area contributed by atoms with Crippen molar-refractivity contribution in [3.63, 3.8) is 0 Å². The highest BCUT2D eigenvalue weighted by atomic mass is 19.4. The molecule has 4 heteroatoms. The highest BCUT2D eigenvalue weighted by Crippen LogP contribution is 2.27. The van der Waals surface area contributed by atoms with Crippen molar-refractivity contribution in [1.29, 1.82) is 0 Å². The minimum absolute atomic E-state index is 0.0433. The molecule has 0 aliphatic heterocycles. The van der Waals surface area contributed by atoms with Gasteiger partial charge in [-0.3, -0.25) is 0 Å². The molecule has 0 aliphatic rings. The maximum atomic E-state index is 12.1. The van der Waals surface area contributed by atoms with E-state index in [1.165, 1.54) is 0 Å². The van der Waals surface area contributed by atoms with Crippen molar-refractivity contribution in [3.05, 3.63) is 0 Å². The Labute approximate surface area is 70.9 Å². The van der Waals surface area contributed by atoms with Crippen LogP contribution in [0.4, 0.5) is 13.2 Å². The molecule has 0 N–H and O–H groups in total. The molecule has 74 valence electrons. The Hall–Kier alpha value is -0.250. The van der Waals surface area contributed by atoms with E-state index >= 15 is 0 Å². The van der Waals surface area contributed by atoms with Gasteiger partial charge in [0.2, 0.25) is 0 Å². The van der Waals surface area contributed by atoms with Crippen LogP contribution in [0.3, 0.4) is 0 Å². The van der Waals surface area contributed by atoms with Crippen LogP contribution in [0.5, 0.6) is 0 Å². The summed E-state index contributed by atoms with van der Waals surface area (Å²) in [6.45, 7) is 4.92. The fraction of sp³-hybridized carbons (Fsp3) is 1.00. The minimum Gasteiger partial charge on any atom is -0.366 e. The van der Waals surface area contributed by atoms with E-state index in [9.17, 15) is 13.2 Å². The number of alkyl halides is 3. The fourth-order valence-corrected chi connectivity index (χ4v) is 0.900. The van der Waals surface area contributed by atoms with Gasteiger partial charge in [-0.2, -0.15) is 13.2 Å². The number of halogens is 3. The first-order valence-corrected chi connectivity index (χ1v) is 4.10. The predicted octanol–water partition coefficient (Wildman–Crippen LogP) is 3.14. The van der Waals surface area contributed by atoms with E-state index in [0.717, 1.165) is 0 Å². The molecule has 0 saturated carbocycles. The average Bonchev–Trinajstić information content (AvgIpc) is 1.83. The molecule has 0 aromatic carbocycles. The van der Waals surface area contributed by atoms with Gasteiger partial charge in [0.15, 0.2) is 6.10 Å². The maximum Gasteiger partial charge on any atom is 0.414 e. The van der Waals surface area contributed by atoms with E-state index in [0.29, 0.717) is 6.42 Å². The summed E-state index contributed by atoms with van der Waals surface area (Å²) in [5.74, 6) is 0. The smallest absolute Gasteiger partial charge is 0.366 e. The lowest BCUT2D eigenvalue weighted by molar-refractivity contribution is -0.231. The van der Waals surface area contributed by atoms with Gasteiger partial charge in [0.25, 0.3) is 0 Å². The van der Waals surface area contributed by atoms with Crippen molar-refractivity contribution in [3.8, 4) is 0 Å². The summed E-state index contributed by atoms with van der Waals surface area (Å²) in [7, 11) is 0. The van der Waals surface area contributed by atoms with Gasteiger partial charge >= 0.3 is 6.18 Å². The first-order valence-electron chi connectivity index (χ1n) is 4.10. The number of rotatable bonds is 4. The highest BCUT2D eigenvalue weighted by molar-refractivity contribution is 4.67. The van der Waals surface area contributed by atoms with E-state index in [1.54, 1.807) is 20.8 Å². The van der Waals surface area contributed by atoms with Crippen LogP contribution in [0.25, 0.3) is 0 Å². The molecule has 0 spiro atoms. The van der Waals surface area contributed by atoms with Crippen LogP contribution in [0.15, 0.2) is 0 Å². The number of hydrogen-bond donors (Lipinski definition) is 0. The van der Waals surface area contributed by atoms with Gasteiger partial charge in [-0.05, 0) is 20.3 Å². The summed E-state index contributed by atoms with van der Waals surface area (Å²) in [5, 5.41) is 0. The monoisotopic (exact) mass is 184 g/mol. The molecule has 0 heterocycles. The summed E-state index contributed by atoms with van der Waals surface area (Å²) >= 11 is 0. The Kier molecular flexibility index (Phi) is 4.60. The van der Waals surface area contributed by atoms with Crippen molar-refractivity contribution in [1.82, 2.24) is 0 Å². The molecule has 1 atom stereocenters. The van der Waals surface area contributed by atoms with E-state index in [2.05, 4.69) is 0 Å². The molecular formula is C8H15F3O. The Morgan fingerprint density at radius 3 is 2.00 bits per heavy atom. The lowest BCUT2D eigenvalue weighted by Gasteiger charge is -2.22. The van der Waals surface area contributed by atoms with Crippen molar-refractivity contribution < 1.29 is 17.9 Å². The zero-order chi connectivity index (χ0) is 9.78. The fourth-order valence-electron chi connectivity index (χ4n) is 0.900.